The van der Waals surface area contributed by atoms with Crippen molar-refractivity contribution in [3.8, 4) is 0 Å². The van der Waals surface area contributed by atoms with Crippen LogP contribution >= 0.6 is 0 Å². The van der Waals surface area contributed by atoms with Gasteiger partial charge in [-0.2, -0.15) is 5.10 Å². The van der Waals surface area contributed by atoms with Gasteiger partial charge in [0, 0.05) is 23.4 Å². The molecule has 0 saturated heterocycles. The van der Waals surface area contributed by atoms with Gasteiger partial charge in [0.25, 0.3) is 11.6 Å². The van der Waals surface area contributed by atoms with Crippen LogP contribution in [-0.4, -0.2) is 34.6 Å². The van der Waals surface area contributed by atoms with Crippen LogP contribution in [0.1, 0.15) is 44.6 Å². The van der Waals surface area contributed by atoms with Crippen molar-refractivity contribution in [2.24, 2.45) is 5.10 Å². The molecule has 2 N–H and O–H groups in total. The summed E-state index contributed by atoms with van der Waals surface area (Å²) in [6.45, 7) is 5.24. The lowest BCUT2D eigenvalue weighted by Gasteiger charge is -2.02. The molecule has 9 heteroatoms. The van der Waals surface area contributed by atoms with E-state index in [9.17, 15) is 19.7 Å². The Morgan fingerprint density at radius 3 is 2.77 bits per heavy atom. The third-order valence-electron chi connectivity index (χ3n) is 3.60. The molecule has 0 aliphatic rings. The van der Waals surface area contributed by atoms with Gasteiger partial charge < -0.3 is 9.72 Å². The van der Waals surface area contributed by atoms with Gasteiger partial charge in [0.1, 0.15) is 5.69 Å². The second-order valence-corrected chi connectivity index (χ2v) is 5.40. The number of esters is 1. The molecule has 0 aliphatic heterocycles. The number of benzene rings is 1. The second kappa shape index (κ2) is 8.06. The third-order valence-corrected chi connectivity index (χ3v) is 3.60. The van der Waals surface area contributed by atoms with Crippen molar-refractivity contribution in [1.29, 1.82) is 0 Å². The number of aromatic nitrogens is 1. The number of nitro groups is 1. The van der Waals surface area contributed by atoms with E-state index in [-0.39, 0.29) is 18.0 Å². The number of carbonyl (C=O) groups is 2. The van der Waals surface area contributed by atoms with Crippen molar-refractivity contribution in [2.45, 2.75) is 20.8 Å². The Balaban J connectivity index is 2.13. The average molecular weight is 358 g/mol. The molecule has 1 heterocycles. The van der Waals surface area contributed by atoms with Crippen LogP contribution in [0.4, 0.5) is 5.69 Å². The zero-order valence-corrected chi connectivity index (χ0v) is 14.5. The number of hydrogen-bond acceptors (Lipinski definition) is 6. The summed E-state index contributed by atoms with van der Waals surface area (Å²) in [6.07, 6.45) is 1.29. The Kier molecular flexibility index (Phi) is 5.84. The van der Waals surface area contributed by atoms with Gasteiger partial charge in [0.05, 0.1) is 23.3 Å². The molecule has 0 saturated carbocycles. The van der Waals surface area contributed by atoms with E-state index in [2.05, 4.69) is 15.5 Å². The highest BCUT2D eigenvalue weighted by atomic mass is 16.6. The van der Waals surface area contributed by atoms with Gasteiger partial charge in [-0.15, -0.1) is 0 Å². The van der Waals surface area contributed by atoms with E-state index in [1.165, 1.54) is 24.4 Å². The van der Waals surface area contributed by atoms with Crippen LogP contribution in [0.15, 0.2) is 29.4 Å². The molecule has 1 aromatic carbocycles. The average Bonchev–Trinajstić information content (AvgIpc) is 2.90. The maximum Gasteiger partial charge on any atom is 0.340 e. The molecule has 26 heavy (non-hydrogen) atoms. The summed E-state index contributed by atoms with van der Waals surface area (Å²) in [5.41, 5.74) is 4.22. The van der Waals surface area contributed by atoms with E-state index < -0.39 is 16.8 Å². The number of ether oxygens (including phenoxy) is 1. The zero-order valence-electron chi connectivity index (χ0n) is 14.5. The molecule has 0 radical (unpaired) electrons. The monoisotopic (exact) mass is 358 g/mol. The van der Waals surface area contributed by atoms with Gasteiger partial charge in [-0.05, 0) is 26.3 Å². The van der Waals surface area contributed by atoms with Crippen molar-refractivity contribution in [3.63, 3.8) is 0 Å². The lowest BCUT2D eigenvalue weighted by Crippen LogP contribution is -2.19. The standard InChI is InChI=1S/C17H18N4O5/c1-4-26-17(23)14-10(2)15(19-11(14)3)16(22)20-18-9-12-6-5-7-13(8-12)21(24)25/h5-9,19H,4H2,1-3H3,(H,20,22)/b18-9-. The predicted octanol–water partition coefficient (Wildman–Crippen LogP) is 2.48. The van der Waals surface area contributed by atoms with Crippen molar-refractivity contribution < 1.29 is 19.2 Å². The fourth-order valence-corrected chi connectivity index (χ4v) is 2.43. The van der Waals surface area contributed by atoms with E-state index >= 15 is 0 Å². The molecular weight excluding hydrogens is 340 g/mol. The molecule has 0 unspecified atom stereocenters. The first kappa shape index (κ1) is 18.8. The van der Waals surface area contributed by atoms with Crippen molar-refractivity contribution in [1.82, 2.24) is 10.4 Å². The molecular formula is C17H18N4O5. The van der Waals surface area contributed by atoms with Crippen LogP contribution in [0.5, 0.6) is 0 Å². The summed E-state index contributed by atoms with van der Waals surface area (Å²) in [6, 6.07) is 5.83. The number of hydrogen-bond donors (Lipinski definition) is 2. The quantitative estimate of drug-likeness (QED) is 0.355. The SMILES string of the molecule is CCOC(=O)c1c(C)[nH]c(C(=O)N/N=C\c2cccc([N+](=O)[O-])c2)c1C. The Hall–Kier alpha value is -3.49. The van der Waals surface area contributed by atoms with Crippen LogP contribution in [0.25, 0.3) is 0 Å². The number of aryl methyl sites for hydroxylation is 1. The molecule has 136 valence electrons. The summed E-state index contributed by atoms with van der Waals surface area (Å²) < 4.78 is 4.98. The minimum absolute atomic E-state index is 0.0739. The Morgan fingerprint density at radius 1 is 1.38 bits per heavy atom. The van der Waals surface area contributed by atoms with Crippen LogP contribution in [0, 0.1) is 24.0 Å². The maximum absolute atomic E-state index is 12.3. The number of non-ortho nitro benzene ring substituents is 1. The number of nitrogens with one attached hydrogen (secondary N) is 2. The molecule has 0 aliphatic carbocycles. The maximum atomic E-state index is 12.3. The lowest BCUT2D eigenvalue weighted by molar-refractivity contribution is -0.384. The second-order valence-electron chi connectivity index (χ2n) is 5.40. The fraction of sp³-hybridized carbons (Fsp3) is 0.235. The molecule has 0 spiro atoms. The van der Waals surface area contributed by atoms with Crippen LogP contribution in [0.2, 0.25) is 0 Å². The van der Waals surface area contributed by atoms with Crippen molar-refractivity contribution in [3.05, 3.63) is 62.5 Å². The Labute approximate surface area is 149 Å². The topological polar surface area (TPSA) is 127 Å². The number of hydrazone groups is 1. The zero-order chi connectivity index (χ0) is 19.3. The summed E-state index contributed by atoms with van der Waals surface area (Å²) in [5.74, 6) is -1.04. The van der Waals surface area contributed by atoms with Gasteiger partial charge in [0.15, 0.2) is 0 Å². The molecule has 0 atom stereocenters. The highest BCUT2D eigenvalue weighted by molar-refractivity contribution is 6.00. The Bertz CT molecular complexity index is 885. The first-order chi connectivity index (χ1) is 12.3. The van der Waals surface area contributed by atoms with Gasteiger partial charge in [-0.3, -0.25) is 14.9 Å². The van der Waals surface area contributed by atoms with Crippen molar-refractivity contribution in [2.75, 3.05) is 6.61 Å². The van der Waals surface area contributed by atoms with E-state index in [1.807, 2.05) is 0 Å². The predicted molar refractivity (Wildman–Crippen MR) is 94.4 cm³/mol. The number of aromatic amines is 1. The minimum atomic E-state index is -0.539. The molecule has 1 amide bonds. The van der Waals surface area contributed by atoms with Crippen molar-refractivity contribution >= 4 is 23.8 Å². The molecule has 2 aromatic rings. The summed E-state index contributed by atoms with van der Waals surface area (Å²) in [7, 11) is 0. The summed E-state index contributed by atoms with van der Waals surface area (Å²) >= 11 is 0. The van der Waals surface area contributed by atoms with E-state index in [1.54, 1.807) is 26.8 Å². The summed E-state index contributed by atoms with van der Waals surface area (Å²) in [4.78, 5) is 37.3. The van der Waals surface area contributed by atoms with E-state index in [0.717, 1.165) is 0 Å². The van der Waals surface area contributed by atoms with Gasteiger partial charge in [-0.1, -0.05) is 12.1 Å². The number of rotatable bonds is 6. The lowest BCUT2D eigenvalue weighted by atomic mass is 10.1. The molecule has 1 aromatic heterocycles. The number of amides is 1. The normalized spacial score (nSPS) is 10.7. The first-order valence-corrected chi connectivity index (χ1v) is 7.79. The molecule has 9 nitrogen and oxygen atoms in total. The number of H-pyrrole nitrogens is 1. The van der Waals surface area contributed by atoms with Gasteiger partial charge in [-0.25, -0.2) is 10.2 Å². The Morgan fingerprint density at radius 2 is 2.12 bits per heavy atom. The largest absolute Gasteiger partial charge is 0.462 e. The summed E-state index contributed by atoms with van der Waals surface area (Å²) in [5, 5.41) is 14.5. The van der Waals surface area contributed by atoms with E-state index in [4.69, 9.17) is 4.74 Å². The first-order valence-electron chi connectivity index (χ1n) is 7.79. The highest BCUT2D eigenvalue weighted by Crippen LogP contribution is 2.19. The number of carbonyl (C=O) groups excluding carboxylic acids is 2. The van der Waals surface area contributed by atoms with E-state index in [0.29, 0.717) is 22.4 Å². The fourth-order valence-electron chi connectivity index (χ4n) is 2.43. The third kappa shape index (κ3) is 4.12. The molecule has 2 rings (SSSR count). The number of nitro benzene ring substituents is 1. The number of nitrogens with zero attached hydrogens (tertiary/aromatic N) is 2. The molecule has 0 fully saturated rings. The van der Waals surface area contributed by atoms with Gasteiger partial charge in [0.2, 0.25) is 0 Å². The van der Waals surface area contributed by atoms with Gasteiger partial charge >= 0.3 is 5.97 Å². The highest BCUT2D eigenvalue weighted by Gasteiger charge is 2.22. The minimum Gasteiger partial charge on any atom is -0.462 e. The smallest absolute Gasteiger partial charge is 0.340 e. The van der Waals surface area contributed by atoms with Crippen LogP contribution in [-0.2, 0) is 4.74 Å². The van der Waals surface area contributed by atoms with Crippen LogP contribution in [0.3, 0.4) is 0 Å². The van der Waals surface area contributed by atoms with Crippen LogP contribution < -0.4 is 5.43 Å². The molecule has 0 bridgehead atoms.